The number of hydrogen-bond acceptors (Lipinski definition) is 4. The second-order valence-electron chi connectivity index (χ2n) is 5.41. The van der Waals surface area contributed by atoms with Crippen LogP contribution >= 0.6 is 0 Å². The Hall–Kier alpha value is -3.27. The van der Waals surface area contributed by atoms with Crippen LogP contribution in [0.2, 0.25) is 0 Å². The summed E-state index contributed by atoms with van der Waals surface area (Å²) in [6.45, 7) is 0. The molecule has 0 aliphatic carbocycles. The molecule has 24 heavy (non-hydrogen) atoms. The minimum atomic E-state index is 0.183. The molecule has 3 N–H and O–H groups in total. The molecule has 0 spiro atoms. The predicted octanol–water partition coefficient (Wildman–Crippen LogP) is 4.29. The number of phenols is 2. The van der Waals surface area contributed by atoms with E-state index in [0.29, 0.717) is 5.56 Å². The van der Waals surface area contributed by atoms with Gasteiger partial charge in [-0.15, -0.1) is 0 Å². The van der Waals surface area contributed by atoms with E-state index in [9.17, 15) is 15.0 Å². The van der Waals surface area contributed by atoms with Gasteiger partial charge >= 0.3 is 0 Å². The van der Waals surface area contributed by atoms with Crippen molar-refractivity contribution in [3.05, 3.63) is 66.2 Å². The number of anilines is 1. The van der Waals surface area contributed by atoms with Crippen LogP contribution in [0.1, 0.15) is 10.4 Å². The van der Waals surface area contributed by atoms with Crippen molar-refractivity contribution in [2.75, 3.05) is 12.4 Å². The summed E-state index contributed by atoms with van der Waals surface area (Å²) in [4.78, 5) is 11.4. The van der Waals surface area contributed by atoms with E-state index in [-0.39, 0.29) is 11.5 Å². The quantitative estimate of drug-likeness (QED) is 0.628. The molecule has 3 aromatic carbocycles. The van der Waals surface area contributed by atoms with E-state index in [1.54, 1.807) is 37.4 Å². The zero-order chi connectivity index (χ0) is 17.1. The maximum absolute atomic E-state index is 11.4. The van der Waals surface area contributed by atoms with Gasteiger partial charge in [0.15, 0.2) is 6.29 Å². The summed E-state index contributed by atoms with van der Waals surface area (Å²) in [6, 6.07) is 17.4. The first-order valence-electron chi connectivity index (χ1n) is 7.53. The van der Waals surface area contributed by atoms with Crippen LogP contribution in [0, 0.1) is 0 Å². The standard InChI is InChI=1S/C20H17NO3/c1-21-20-15(12-22)6-11-18(13-2-7-16(23)8-3-13)19(20)14-4-9-17(24)10-5-14/h2-12,21,23-24H,1H3. The second kappa shape index (κ2) is 6.46. The van der Waals surface area contributed by atoms with Gasteiger partial charge in [0.1, 0.15) is 11.5 Å². The van der Waals surface area contributed by atoms with E-state index in [0.717, 1.165) is 34.2 Å². The molecule has 0 fully saturated rings. The Morgan fingerprint density at radius 3 is 1.83 bits per heavy atom. The number of aldehydes is 1. The summed E-state index contributed by atoms with van der Waals surface area (Å²) < 4.78 is 0. The fourth-order valence-corrected chi connectivity index (χ4v) is 2.80. The van der Waals surface area contributed by atoms with E-state index in [4.69, 9.17) is 0 Å². The van der Waals surface area contributed by atoms with Crippen molar-refractivity contribution in [1.82, 2.24) is 0 Å². The number of hydrogen-bond donors (Lipinski definition) is 3. The molecule has 3 rings (SSSR count). The van der Waals surface area contributed by atoms with E-state index in [1.807, 2.05) is 30.3 Å². The SMILES string of the molecule is CNc1c(C=O)ccc(-c2ccc(O)cc2)c1-c1ccc(O)cc1. The average molecular weight is 319 g/mol. The molecule has 3 aromatic rings. The number of rotatable bonds is 4. The number of carbonyl (C=O) groups excluding carboxylic acids is 1. The highest BCUT2D eigenvalue weighted by Crippen LogP contribution is 2.40. The molecule has 0 amide bonds. The third kappa shape index (κ3) is 2.82. The van der Waals surface area contributed by atoms with Crippen molar-refractivity contribution in [1.29, 1.82) is 0 Å². The molecule has 4 heteroatoms. The first-order valence-corrected chi connectivity index (χ1v) is 7.53. The molecule has 120 valence electrons. The number of phenolic OH excluding ortho intramolecular Hbond substituents is 2. The van der Waals surface area contributed by atoms with E-state index >= 15 is 0 Å². The number of carbonyl (C=O) groups is 1. The van der Waals surface area contributed by atoms with Crippen LogP contribution in [0.4, 0.5) is 5.69 Å². The van der Waals surface area contributed by atoms with Crippen molar-refractivity contribution in [3.63, 3.8) is 0 Å². The molecule has 0 heterocycles. The Morgan fingerprint density at radius 1 is 0.792 bits per heavy atom. The highest BCUT2D eigenvalue weighted by Gasteiger charge is 2.15. The summed E-state index contributed by atoms with van der Waals surface area (Å²) in [7, 11) is 1.77. The summed E-state index contributed by atoms with van der Waals surface area (Å²) in [6.07, 6.45) is 0.816. The van der Waals surface area contributed by atoms with Crippen LogP contribution < -0.4 is 5.32 Å². The second-order valence-corrected chi connectivity index (χ2v) is 5.41. The highest BCUT2D eigenvalue weighted by atomic mass is 16.3. The van der Waals surface area contributed by atoms with Crippen LogP contribution in [0.25, 0.3) is 22.3 Å². The van der Waals surface area contributed by atoms with Gasteiger partial charge < -0.3 is 15.5 Å². The van der Waals surface area contributed by atoms with Gasteiger partial charge in [-0.05, 0) is 47.0 Å². The van der Waals surface area contributed by atoms with E-state index in [2.05, 4.69) is 5.32 Å². The molecule has 0 saturated heterocycles. The van der Waals surface area contributed by atoms with Gasteiger partial charge in [-0.1, -0.05) is 30.3 Å². The van der Waals surface area contributed by atoms with Crippen molar-refractivity contribution >= 4 is 12.0 Å². The first-order chi connectivity index (χ1) is 11.6. The van der Waals surface area contributed by atoms with Crippen LogP contribution in [-0.2, 0) is 0 Å². The number of nitrogens with one attached hydrogen (secondary N) is 1. The molecular weight excluding hydrogens is 302 g/mol. The Balaban J connectivity index is 2.30. The lowest BCUT2D eigenvalue weighted by atomic mass is 9.91. The van der Waals surface area contributed by atoms with Crippen molar-refractivity contribution < 1.29 is 15.0 Å². The maximum atomic E-state index is 11.4. The molecule has 0 aliphatic heterocycles. The lowest BCUT2D eigenvalue weighted by Crippen LogP contribution is -1.99. The van der Waals surface area contributed by atoms with Gasteiger partial charge in [-0.25, -0.2) is 0 Å². The lowest BCUT2D eigenvalue weighted by molar-refractivity contribution is 0.112. The Labute approximate surface area is 140 Å². The van der Waals surface area contributed by atoms with Gasteiger partial charge in [0, 0.05) is 18.2 Å². The molecule has 0 unspecified atom stereocenters. The van der Waals surface area contributed by atoms with Gasteiger partial charge in [0.2, 0.25) is 0 Å². The Bertz CT molecular complexity index is 869. The molecule has 0 atom stereocenters. The Kier molecular flexibility index (Phi) is 4.20. The molecular formula is C20H17NO3. The fourth-order valence-electron chi connectivity index (χ4n) is 2.80. The third-order valence-electron chi connectivity index (χ3n) is 3.95. The summed E-state index contributed by atoms with van der Waals surface area (Å²) in [5, 5.41) is 22.2. The van der Waals surface area contributed by atoms with Crippen LogP contribution in [0.3, 0.4) is 0 Å². The van der Waals surface area contributed by atoms with Gasteiger partial charge in [-0.2, -0.15) is 0 Å². The predicted molar refractivity (Wildman–Crippen MR) is 95.6 cm³/mol. The zero-order valence-corrected chi connectivity index (χ0v) is 13.2. The van der Waals surface area contributed by atoms with Crippen LogP contribution in [0.5, 0.6) is 11.5 Å². The minimum absolute atomic E-state index is 0.183. The smallest absolute Gasteiger partial charge is 0.152 e. The first kappa shape index (κ1) is 15.6. The molecule has 0 radical (unpaired) electrons. The minimum Gasteiger partial charge on any atom is -0.508 e. The summed E-state index contributed by atoms with van der Waals surface area (Å²) in [5.41, 5.74) is 4.88. The monoisotopic (exact) mass is 319 g/mol. The van der Waals surface area contributed by atoms with Gasteiger partial charge in [0.25, 0.3) is 0 Å². The topological polar surface area (TPSA) is 69.6 Å². The van der Waals surface area contributed by atoms with Crippen molar-refractivity contribution in [2.45, 2.75) is 0 Å². The molecule has 0 aromatic heterocycles. The van der Waals surface area contributed by atoms with E-state index < -0.39 is 0 Å². The van der Waals surface area contributed by atoms with Gasteiger partial charge in [0.05, 0.1) is 5.69 Å². The third-order valence-corrected chi connectivity index (χ3v) is 3.95. The zero-order valence-electron chi connectivity index (χ0n) is 13.2. The fraction of sp³-hybridized carbons (Fsp3) is 0.0500. The van der Waals surface area contributed by atoms with Gasteiger partial charge in [-0.3, -0.25) is 4.79 Å². The summed E-state index contributed by atoms with van der Waals surface area (Å²) in [5.74, 6) is 0.380. The van der Waals surface area contributed by atoms with Crippen LogP contribution in [-0.4, -0.2) is 23.5 Å². The van der Waals surface area contributed by atoms with E-state index in [1.165, 1.54) is 0 Å². The molecule has 4 nitrogen and oxygen atoms in total. The average Bonchev–Trinajstić information content (AvgIpc) is 2.62. The largest absolute Gasteiger partial charge is 0.508 e. The van der Waals surface area contributed by atoms with Crippen molar-refractivity contribution in [3.8, 4) is 33.8 Å². The molecule has 0 saturated carbocycles. The highest BCUT2D eigenvalue weighted by molar-refractivity contribution is 5.99. The molecule has 0 aliphatic rings. The normalized spacial score (nSPS) is 10.4. The van der Waals surface area contributed by atoms with Crippen LogP contribution in [0.15, 0.2) is 60.7 Å². The van der Waals surface area contributed by atoms with Crippen molar-refractivity contribution in [2.24, 2.45) is 0 Å². The number of benzene rings is 3. The lowest BCUT2D eigenvalue weighted by Gasteiger charge is -2.17. The summed E-state index contributed by atoms with van der Waals surface area (Å²) >= 11 is 0. The Morgan fingerprint density at radius 2 is 1.33 bits per heavy atom. The number of aromatic hydroxyl groups is 2. The molecule has 0 bridgehead atoms. The maximum Gasteiger partial charge on any atom is 0.152 e.